The van der Waals surface area contributed by atoms with E-state index >= 15 is 0 Å². The number of halogens is 2. The van der Waals surface area contributed by atoms with E-state index in [9.17, 15) is 13.6 Å². The van der Waals surface area contributed by atoms with Crippen molar-refractivity contribution in [2.45, 2.75) is 44.7 Å². The topological polar surface area (TPSA) is 47.4 Å². The van der Waals surface area contributed by atoms with Gasteiger partial charge in [0.2, 0.25) is 0 Å². The summed E-state index contributed by atoms with van der Waals surface area (Å²) in [6, 6.07) is 16.9. The van der Waals surface area contributed by atoms with Gasteiger partial charge in [-0.25, -0.2) is 13.8 Å². The molecule has 3 aromatic carbocycles. The van der Waals surface area contributed by atoms with Crippen LogP contribution in [0.15, 0.2) is 65.5 Å². The van der Waals surface area contributed by atoms with Crippen molar-refractivity contribution in [3.05, 3.63) is 82.7 Å². The first-order chi connectivity index (χ1) is 18.5. The molecule has 1 aromatic heterocycles. The molecule has 0 N–H and O–H groups in total. The summed E-state index contributed by atoms with van der Waals surface area (Å²) >= 11 is 0. The third-order valence-corrected chi connectivity index (χ3v) is 8.08. The number of methoxy groups -OCH3 is 1. The van der Waals surface area contributed by atoms with Crippen LogP contribution in [-0.4, -0.2) is 40.7 Å². The van der Waals surface area contributed by atoms with E-state index in [-0.39, 0.29) is 5.56 Å². The normalized spacial score (nSPS) is 18.4. The monoisotopic (exact) mass is 515 g/mol. The molecule has 2 fully saturated rings. The van der Waals surface area contributed by atoms with Gasteiger partial charge in [-0.1, -0.05) is 24.6 Å². The minimum Gasteiger partial charge on any atom is -0.496 e. The zero-order chi connectivity index (χ0) is 26.2. The first-order valence-electron chi connectivity index (χ1n) is 13.4. The largest absolute Gasteiger partial charge is 0.496 e. The van der Waals surface area contributed by atoms with Crippen LogP contribution in [0.25, 0.3) is 33.4 Å². The molecule has 1 unspecified atom stereocenters. The van der Waals surface area contributed by atoms with Gasteiger partial charge in [-0.2, -0.15) is 0 Å². The quantitative estimate of drug-likeness (QED) is 0.303. The Hall–Kier alpha value is -3.58. The second-order valence-electron chi connectivity index (χ2n) is 10.5. The summed E-state index contributed by atoms with van der Waals surface area (Å²) < 4.78 is 35.3. The first-order valence-corrected chi connectivity index (χ1v) is 13.4. The van der Waals surface area contributed by atoms with Gasteiger partial charge in [0.25, 0.3) is 5.56 Å². The molecule has 2 aliphatic rings. The van der Waals surface area contributed by atoms with Crippen molar-refractivity contribution >= 4 is 10.9 Å². The zero-order valence-corrected chi connectivity index (χ0v) is 21.5. The number of fused-ring (bicyclic) bond motifs is 1. The van der Waals surface area contributed by atoms with Gasteiger partial charge < -0.3 is 9.64 Å². The molecule has 7 heteroatoms. The number of ether oxygens (including phenoxy) is 1. The molecule has 1 aliphatic carbocycles. The number of hydrogen-bond acceptors (Lipinski definition) is 4. The summed E-state index contributed by atoms with van der Waals surface area (Å²) in [6.07, 6.45) is 6.01. The molecular formula is C31H31F2N3O2. The van der Waals surface area contributed by atoms with Gasteiger partial charge in [0.15, 0.2) is 0 Å². The molecule has 0 bridgehead atoms. The number of benzene rings is 3. The molecule has 38 heavy (non-hydrogen) atoms. The van der Waals surface area contributed by atoms with E-state index in [1.165, 1.54) is 31.4 Å². The van der Waals surface area contributed by atoms with E-state index < -0.39 is 11.6 Å². The van der Waals surface area contributed by atoms with Crippen LogP contribution in [0.1, 0.15) is 32.1 Å². The van der Waals surface area contributed by atoms with Crippen LogP contribution in [0.3, 0.4) is 0 Å². The van der Waals surface area contributed by atoms with Crippen LogP contribution in [0.4, 0.5) is 8.78 Å². The van der Waals surface area contributed by atoms with Crippen molar-refractivity contribution < 1.29 is 13.5 Å². The van der Waals surface area contributed by atoms with Crippen molar-refractivity contribution in [2.75, 3.05) is 20.2 Å². The Morgan fingerprint density at radius 2 is 1.74 bits per heavy atom. The molecular weight excluding hydrogens is 484 g/mol. The standard InChI is InChI=1S/C31H31F2N3O2/c1-38-29-10-3-2-9-26(29)30-34-28-12-11-21(22-14-23(32)17-24(33)15-22)16-27(28)31(37)36(30)19-20-6-5-13-35(18-20)25-7-4-8-25/h2-3,9-12,14-17,20,25H,4-8,13,18-19H2,1H3. The molecule has 196 valence electrons. The molecule has 5 nitrogen and oxygen atoms in total. The van der Waals surface area contributed by atoms with Crippen LogP contribution in [-0.2, 0) is 6.54 Å². The second kappa shape index (κ2) is 10.3. The predicted octanol–water partition coefficient (Wildman–Crippen LogP) is 6.28. The molecule has 6 rings (SSSR count). The number of nitrogens with zero attached hydrogens (tertiary/aromatic N) is 3. The van der Waals surface area contributed by atoms with E-state index in [0.29, 0.717) is 52.1 Å². The van der Waals surface area contributed by atoms with Gasteiger partial charge in [0.1, 0.15) is 23.2 Å². The van der Waals surface area contributed by atoms with Gasteiger partial charge in [0.05, 0.1) is 23.6 Å². The Kier molecular flexibility index (Phi) is 6.70. The molecule has 0 spiro atoms. The highest BCUT2D eigenvalue weighted by Gasteiger charge is 2.30. The third kappa shape index (κ3) is 4.71. The van der Waals surface area contributed by atoms with E-state index in [0.717, 1.165) is 37.6 Å². The molecule has 1 atom stereocenters. The van der Waals surface area contributed by atoms with Gasteiger partial charge in [-0.3, -0.25) is 9.36 Å². The number of hydrogen-bond donors (Lipinski definition) is 0. The highest BCUT2D eigenvalue weighted by molar-refractivity contribution is 5.85. The van der Waals surface area contributed by atoms with Crippen molar-refractivity contribution in [3.63, 3.8) is 0 Å². The predicted molar refractivity (Wildman–Crippen MR) is 145 cm³/mol. The van der Waals surface area contributed by atoms with Crippen molar-refractivity contribution in [2.24, 2.45) is 5.92 Å². The number of rotatable bonds is 6. The molecule has 1 saturated carbocycles. The molecule has 0 radical (unpaired) electrons. The Bertz CT molecular complexity index is 1530. The third-order valence-electron chi connectivity index (χ3n) is 8.08. The van der Waals surface area contributed by atoms with Gasteiger partial charge >= 0.3 is 0 Å². The fraction of sp³-hybridized carbons (Fsp3) is 0.355. The highest BCUT2D eigenvalue weighted by Crippen LogP contribution is 2.33. The fourth-order valence-corrected chi connectivity index (χ4v) is 5.91. The van der Waals surface area contributed by atoms with Crippen molar-refractivity contribution in [3.8, 4) is 28.3 Å². The Balaban J connectivity index is 1.47. The first kappa shape index (κ1) is 24.7. The second-order valence-corrected chi connectivity index (χ2v) is 10.5. The maximum atomic E-state index is 14.1. The lowest BCUT2D eigenvalue weighted by molar-refractivity contribution is 0.0717. The maximum absolute atomic E-state index is 14.1. The van der Waals surface area contributed by atoms with Crippen molar-refractivity contribution in [1.29, 1.82) is 0 Å². The summed E-state index contributed by atoms with van der Waals surface area (Å²) in [4.78, 5) is 21.7. The highest BCUT2D eigenvalue weighted by atomic mass is 19.1. The molecule has 4 aromatic rings. The number of aromatic nitrogens is 2. The minimum absolute atomic E-state index is 0.157. The Morgan fingerprint density at radius 3 is 2.47 bits per heavy atom. The van der Waals surface area contributed by atoms with Crippen LogP contribution in [0.2, 0.25) is 0 Å². The Morgan fingerprint density at radius 1 is 0.947 bits per heavy atom. The van der Waals surface area contributed by atoms with E-state index in [1.54, 1.807) is 29.9 Å². The maximum Gasteiger partial charge on any atom is 0.261 e. The molecule has 0 amide bonds. The van der Waals surface area contributed by atoms with Gasteiger partial charge in [-0.05, 0) is 85.7 Å². The van der Waals surface area contributed by atoms with Crippen LogP contribution >= 0.6 is 0 Å². The SMILES string of the molecule is COc1ccccc1-c1nc2ccc(-c3cc(F)cc(F)c3)cc2c(=O)n1CC1CCCN(C2CCC2)C1. The Labute approximate surface area is 220 Å². The minimum atomic E-state index is -0.657. The number of para-hydroxylation sites is 1. The van der Waals surface area contributed by atoms with E-state index in [2.05, 4.69) is 4.90 Å². The molecule has 1 saturated heterocycles. The lowest BCUT2D eigenvalue weighted by Gasteiger charge is -2.42. The summed E-state index contributed by atoms with van der Waals surface area (Å²) in [5.74, 6) is 0.241. The summed E-state index contributed by atoms with van der Waals surface area (Å²) in [5.41, 5.74) is 2.09. The van der Waals surface area contributed by atoms with E-state index in [4.69, 9.17) is 9.72 Å². The zero-order valence-electron chi connectivity index (χ0n) is 21.5. The average Bonchev–Trinajstić information content (AvgIpc) is 2.89. The lowest BCUT2D eigenvalue weighted by atomic mass is 9.87. The summed E-state index contributed by atoms with van der Waals surface area (Å²) in [7, 11) is 1.62. The van der Waals surface area contributed by atoms with Crippen LogP contribution in [0, 0.1) is 17.6 Å². The number of likely N-dealkylation sites (tertiary alicyclic amines) is 1. The lowest BCUT2D eigenvalue weighted by Crippen LogP contribution is -2.47. The van der Waals surface area contributed by atoms with Gasteiger partial charge in [0, 0.05) is 25.2 Å². The van der Waals surface area contributed by atoms with Crippen LogP contribution in [0.5, 0.6) is 5.75 Å². The van der Waals surface area contributed by atoms with Gasteiger partial charge in [-0.15, -0.1) is 0 Å². The van der Waals surface area contributed by atoms with E-state index in [1.807, 2.05) is 24.3 Å². The molecule has 1 aliphatic heterocycles. The number of piperidine rings is 1. The average molecular weight is 516 g/mol. The fourth-order valence-electron chi connectivity index (χ4n) is 5.91. The summed E-state index contributed by atoms with van der Waals surface area (Å²) in [5, 5.41) is 0.428. The molecule has 2 heterocycles. The smallest absolute Gasteiger partial charge is 0.261 e. The van der Waals surface area contributed by atoms with Crippen LogP contribution < -0.4 is 10.3 Å². The summed E-state index contributed by atoms with van der Waals surface area (Å²) in [6.45, 7) is 2.65. The van der Waals surface area contributed by atoms with Crippen molar-refractivity contribution in [1.82, 2.24) is 14.5 Å².